The highest BCUT2D eigenvalue weighted by molar-refractivity contribution is 6.35. The van der Waals surface area contributed by atoms with Gasteiger partial charge in [-0.2, -0.15) is 0 Å². The molecule has 1 aromatic carbocycles. The second kappa shape index (κ2) is 2.28. The minimum atomic E-state index is 0.767. The van der Waals surface area contributed by atoms with Gasteiger partial charge in [-0.25, -0.2) is 0 Å². The Bertz CT molecular complexity index is 389. The summed E-state index contributed by atoms with van der Waals surface area (Å²) in [5, 5.41) is 1.76. The van der Waals surface area contributed by atoms with Gasteiger partial charge < -0.3 is 4.57 Å². The van der Waals surface area contributed by atoms with E-state index in [0.717, 1.165) is 15.9 Å². The maximum atomic E-state index is 5.93. The molecule has 2 heteroatoms. The molecule has 0 bridgehead atoms. The average molecular weight is 165 g/mol. The molecule has 0 unspecified atom stereocenters. The molecule has 0 aliphatic heterocycles. The molecular formula is C9H7ClN. The van der Waals surface area contributed by atoms with E-state index in [0.29, 0.717) is 0 Å². The minimum Gasteiger partial charge on any atom is -0.350 e. The summed E-state index contributed by atoms with van der Waals surface area (Å²) in [4.78, 5) is 0. The second-order valence-corrected chi connectivity index (χ2v) is 2.93. The van der Waals surface area contributed by atoms with E-state index in [-0.39, 0.29) is 0 Å². The highest BCUT2D eigenvalue weighted by Crippen LogP contribution is 2.22. The monoisotopic (exact) mass is 164 g/mol. The normalized spacial score (nSPS) is 10.7. The van der Waals surface area contributed by atoms with Crippen molar-refractivity contribution < 1.29 is 0 Å². The Hall–Kier alpha value is -0.950. The van der Waals surface area contributed by atoms with Gasteiger partial charge in [-0.15, -0.1) is 0 Å². The summed E-state index contributed by atoms with van der Waals surface area (Å²) in [6.45, 7) is 0. The van der Waals surface area contributed by atoms with Crippen molar-refractivity contribution in [3.8, 4) is 0 Å². The fourth-order valence-electron chi connectivity index (χ4n) is 1.18. The fraction of sp³-hybridized carbons (Fsp3) is 0.111. The lowest BCUT2D eigenvalue weighted by Gasteiger charge is -1.95. The first-order valence-corrected chi connectivity index (χ1v) is 3.78. The van der Waals surface area contributed by atoms with Crippen molar-refractivity contribution in [2.45, 2.75) is 0 Å². The van der Waals surface area contributed by atoms with Crippen LogP contribution in [0.1, 0.15) is 0 Å². The van der Waals surface area contributed by atoms with Gasteiger partial charge in [0.2, 0.25) is 0 Å². The van der Waals surface area contributed by atoms with Gasteiger partial charge in [0, 0.05) is 30.2 Å². The van der Waals surface area contributed by atoms with E-state index in [4.69, 9.17) is 11.6 Å². The predicted molar refractivity (Wildman–Crippen MR) is 46.8 cm³/mol. The number of hydrogen-bond donors (Lipinski definition) is 0. The molecule has 0 saturated heterocycles. The molecule has 1 heterocycles. The van der Waals surface area contributed by atoms with Crippen molar-refractivity contribution in [1.82, 2.24) is 4.57 Å². The Morgan fingerprint density at radius 2 is 2.27 bits per heavy atom. The predicted octanol–water partition coefficient (Wildman–Crippen LogP) is 2.63. The Morgan fingerprint density at radius 1 is 1.45 bits per heavy atom. The molecule has 1 nitrogen and oxygen atoms in total. The van der Waals surface area contributed by atoms with Gasteiger partial charge in [-0.1, -0.05) is 17.7 Å². The minimum absolute atomic E-state index is 0.767. The highest BCUT2D eigenvalue weighted by atomic mass is 35.5. The van der Waals surface area contributed by atoms with Gasteiger partial charge in [0.1, 0.15) is 0 Å². The van der Waals surface area contributed by atoms with Gasteiger partial charge in [0.25, 0.3) is 0 Å². The van der Waals surface area contributed by atoms with E-state index in [2.05, 4.69) is 6.07 Å². The largest absolute Gasteiger partial charge is 0.350 e. The molecule has 1 radical (unpaired) electrons. The molecular weight excluding hydrogens is 158 g/mol. The average Bonchev–Trinajstić information content (AvgIpc) is 2.35. The molecule has 0 aliphatic rings. The number of fused-ring (bicyclic) bond motifs is 1. The number of benzene rings is 1. The standard InChI is InChI=1S/C9H7ClN/c1-11-6-5-7-8(10)3-2-4-9(7)11/h2-4,6H,1H3. The van der Waals surface area contributed by atoms with Crippen molar-refractivity contribution in [2.75, 3.05) is 0 Å². The number of aryl methyl sites for hydroxylation is 1. The van der Waals surface area contributed by atoms with Crippen LogP contribution in [0.15, 0.2) is 24.4 Å². The maximum absolute atomic E-state index is 5.93. The van der Waals surface area contributed by atoms with Crippen LogP contribution < -0.4 is 0 Å². The van der Waals surface area contributed by atoms with Crippen LogP contribution in [0.4, 0.5) is 0 Å². The van der Waals surface area contributed by atoms with Gasteiger partial charge in [0.05, 0.1) is 5.02 Å². The first-order chi connectivity index (χ1) is 5.29. The van der Waals surface area contributed by atoms with Crippen LogP contribution in [0.25, 0.3) is 10.9 Å². The Morgan fingerprint density at radius 3 is 3.00 bits per heavy atom. The first-order valence-electron chi connectivity index (χ1n) is 3.40. The molecule has 2 aromatic rings. The van der Waals surface area contributed by atoms with Crippen molar-refractivity contribution in [3.05, 3.63) is 35.5 Å². The number of halogens is 1. The van der Waals surface area contributed by atoms with Gasteiger partial charge >= 0.3 is 0 Å². The van der Waals surface area contributed by atoms with E-state index in [1.165, 1.54) is 0 Å². The van der Waals surface area contributed by atoms with Gasteiger partial charge in [0.15, 0.2) is 0 Å². The number of rotatable bonds is 0. The summed E-state index contributed by atoms with van der Waals surface area (Å²) < 4.78 is 2.00. The van der Waals surface area contributed by atoms with E-state index in [9.17, 15) is 0 Å². The quantitative estimate of drug-likeness (QED) is 0.564. The molecule has 0 aliphatic carbocycles. The number of hydrogen-bond acceptors (Lipinski definition) is 0. The van der Waals surface area contributed by atoms with E-state index >= 15 is 0 Å². The fourth-order valence-corrected chi connectivity index (χ4v) is 1.40. The number of aromatic nitrogens is 1. The van der Waals surface area contributed by atoms with Crippen LogP contribution in [-0.2, 0) is 7.05 Å². The van der Waals surface area contributed by atoms with Crippen LogP contribution in [0.2, 0.25) is 5.02 Å². The lowest BCUT2D eigenvalue weighted by molar-refractivity contribution is 0.968. The SMILES string of the molecule is Cn1c[c]c2c(Cl)cccc21. The Balaban J connectivity index is 2.94. The zero-order valence-electron chi connectivity index (χ0n) is 6.13. The summed E-state index contributed by atoms with van der Waals surface area (Å²) in [6.07, 6.45) is 1.89. The summed E-state index contributed by atoms with van der Waals surface area (Å²) >= 11 is 5.93. The van der Waals surface area contributed by atoms with E-state index in [1.54, 1.807) is 0 Å². The molecule has 0 fully saturated rings. The zero-order chi connectivity index (χ0) is 7.84. The lowest BCUT2D eigenvalue weighted by atomic mass is 10.2. The van der Waals surface area contributed by atoms with Crippen LogP contribution >= 0.6 is 11.6 Å². The molecule has 0 N–H and O–H groups in total. The van der Waals surface area contributed by atoms with Crippen LogP contribution in [-0.4, -0.2) is 4.57 Å². The first kappa shape index (κ1) is 6.74. The van der Waals surface area contributed by atoms with Crippen LogP contribution in [0.3, 0.4) is 0 Å². The van der Waals surface area contributed by atoms with E-state index < -0.39 is 0 Å². The van der Waals surface area contributed by atoms with Crippen molar-refractivity contribution in [1.29, 1.82) is 0 Å². The van der Waals surface area contributed by atoms with E-state index in [1.807, 2.05) is 36.0 Å². The molecule has 55 valence electrons. The highest BCUT2D eigenvalue weighted by Gasteiger charge is 1.99. The molecule has 0 saturated carbocycles. The topological polar surface area (TPSA) is 4.93 Å². The summed E-state index contributed by atoms with van der Waals surface area (Å²) in [7, 11) is 1.98. The number of nitrogens with zero attached hydrogens (tertiary/aromatic N) is 1. The molecule has 0 spiro atoms. The Labute approximate surface area is 70.2 Å². The maximum Gasteiger partial charge on any atom is 0.0506 e. The summed E-state index contributed by atoms with van der Waals surface area (Å²) in [6, 6.07) is 8.93. The van der Waals surface area contributed by atoms with Crippen LogP contribution in [0.5, 0.6) is 0 Å². The third kappa shape index (κ3) is 0.925. The lowest BCUT2D eigenvalue weighted by Crippen LogP contribution is -1.82. The molecule has 1 aromatic heterocycles. The van der Waals surface area contributed by atoms with Crippen molar-refractivity contribution in [2.24, 2.45) is 7.05 Å². The molecule has 0 atom stereocenters. The zero-order valence-corrected chi connectivity index (χ0v) is 6.89. The van der Waals surface area contributed by atoms with Crippen LogP contribution in [0, 0.1) is 6.07 Å². The second-order valence-electron chi connectivity index (χ2n) is 2.52. The molecule has 0 amide bonds. The summed E-state index contributed by atoms with van der Waals surface area (Å²) in [5.41, 5.74) is 1.12. The van der Waals surface area contributed by atoms with Crippen molar-refractivity contribution in [3.63, 3.8) is 0 Å². The van der Waals surface area contributed by atoms with Crippen molar-refractivity contribution >= 4 is 22.5 Å². The Kier molecular flexibility index (Phi) is 1.40. The third-order valence-corrected chi connectivity index (χ3v) is 2.09. The summed E-state index contributed by atoms with van der Waals surface area (Å²) in [5.74, 6) is 0. The molecule has 11 heavy (non-hydrogen) atoms. The smallest absolute Gasteiger partial charge is 0.0506 e. The molecule has 2 rings (SSSR count). The van der Waals surface area contributed by atoms with Gasteiger partial charge in [-0.05, 0) is 12.1 Å². The third-order valence-electron chi connectivity index (χ3n) is 1.77. The van der Waals surface area contributed by atoms with Gasteiger partial charge in [-0.3, -0.25) is 0 Å².